The predicted octanol–water partition coefficient (Wildman–Crippen LogP) is 2.72. The van der Waals surface area contributed by atoms with Crippen molar-refractivity contribution in [3.8, 4) is 11.4 Å². The fourth-order valence-corrected chi connectivity index (χ4v) is 2.36. The fourth-order valence-electron chi connectivity index (χ4n) is 2.36. The number of methoxy groups -OCH3 is 1. The zero-order valence-corrected chi connectivity index (χ0v) is 11.3. The Balaban J connectivity index is 2.38. The zero-order chi connectivity index (χ0) is 15.0. The van der Waals surface area contributed by atoms with Crippen LogP contribution >= 0.6 is 0 Å². The minimum atomic E-state index is -0.442. The first-order valence-corrected chi connectivity index (χ1v) is 6.36. The van der Waals surface area contributed by atoms with Crippen LogP contribution in [-0.2, 0) is 0 Å². The highest BCUT2D eigenvalue weighted by atomic mass is 19.1. The Morgan fingerprint density at radius 3 is 2.67 bits per heavy atom. The highest BCUT2D eigenvalue weighted by Crippen LogP contribution is 2.26. The van der Waals surface area contributed by atoms with E-state index in [1.807, 2.05) is 12.1 Å². The van der Waals surface area contributed by atoms with Gasteiger partial charge in [0.2, 0.25) is 0 Å². The van der Waals surface area contributed by atoms with Gasteiger partial charge in [-0.1, -0.05) is 18.2 Å². The number of hydrogen-bond donors (Lipinski definition) is 1. The van der Waals surface area contributed by atoms with Gasteiger partial charge in [0.05, 0.1) is 12.8 Å². The minimum absolute atomic E-state index is 0.249. The molecule has 0 amide bonds. The molecule has 0 bridgehead atoms. The Morgan fingerprint density at radius 1 is 1.14 bits per heavy atom. The molecule has 3 aromatic rings. The average Bonchev–Trinajstić information content (AvgIpc) is 2.48. The number of hydrogen-bond acceptors (Lipinski definition) is 3. The van der Waals surface area contributed by atoms with E-state index in [0.717, 1.165) is 5.39 Å². The number of nitrogens with zero attached hydrogens (tertiary/aromatic N) is 1. The van der Waals surface area contributed by atoms with Gasteiger partial charge in [-0.05, 0) is 29.7 Å². The van der Waals surface area contributed by atoms with Crippen LogP contribution in [0.3, 0.4) is 0 Å². The molecule has 5 heteroatoms. The molecule has 106 valence electrons. The molecular formula is C16H13FN2O2. The van der Waals surface area contributed by atoms with E-state index in [4.69, 9.17) is 10.5 Å². The quantitative estimate of drug-likeness (QED) is 0.787. The molecule has 0 aliphatic heterocycles. The number of anilines is 1. The van der Waals surface area contributed by atoms with E-state index in [-0.39, 0.29) is 17.1 Å². The number of nitrogen functional groups attached to an aromatic ring is 1. The molecule has 21 heavy (non-hydrogen) atoms. The van der Waals surface area contributed by atoms with Crippen LogP contribution in [0.1, 0.15) is 0 Å². The van der Waals surface area contributed by atoms with Crippen LogP contribution in [0.25, 0.3) is 16.5 Å². The van der Waals surface area contributed by atoms with Gasteiger partial charge in [0, 0.05) is 11.5 Å². The van der Waals surface area contributed by atoms with Crippen molar-refractivity contribution in [2.45, 2.75) is 0 Å². The summed E-state index contributed by atoms with van der Waals surface area (Å²) in [6.07, 6.45) is 0. The summed E-state index contributed by atoms with van der Waals surface area (Å²) in [7, 11) is 1.42. The van der Waals surface area contributed by atoms with Gasteiger partial charge >= 0.3 is 0 Å². The van der Waals surface area contributed by atoms with Crippen LogP contribution in [0, 0.1) is 5.82 Å². The predicted molar refractivity (Wildman–Crippen MR) is 80.5 cm³/mol. The number of pyridine rings is 1. The Labute approximate surface area is 120 Å². The molecule has 0 aliphatic carbocycles. The van der Waals surface area contributed by atoms with Gasteiger partial charge in [0.25, 0.3) is 5.56 Å². The van der Waals surface area contributed by atoms with Crippen molar-refractivity contribution in [1.29, 1.82) is 0 Å². The van der Waals surface area contributed by atoms with E-state index in [9.17, 15) is 9.18 Å². The Hall–Kier alpha value is -2.82. The maximum Gasteiger partial charge on any atom is 0.264 e. The smallest absolute Gasteiger partial charge is 0.264 e. The van der Waals surface area contributed by atoms with Crippen molar-refractivity contribution >= 4 is 16.6 Å². The van der Waals surface area contributed by atoms with Gasteiger partial charge in [-0.15, -0.1) is 0 Å². The maximum absolute atomic E-state index is 13.3. The lowest BCUT2D eigenvalue weighted by Crippen LogP contribution is -2.22. The normalized spacial score (nSPS) is 10.8. The van der Waals surface area contributed by atoms with Crippen LogP contribution in [0.5, 0.6) is 5.75 Å². The van der Waals surface area contributed by atoms with Crippen LogP contribution in [0.4, 0.5) is 10.2 Å². The second-order valence-corrected chi connectivity index (χ2v) is 4.61. The summed E-state index contributed by atoms with van der Waals surface area (Å²) in [4.78, 5) is 12.6. The molecule has 0 unspecified atom stereocenters. The van der Waals surface area contributed by atoms with Gasteiger partial charge in [-0.25, -0.2) is 4.39 Å². The number of ether oxygens (including phenoxy) is 1. The number of aromatic nitrogens is 1. The van der Waals surface area contributed by atoms with E-state index < -0.39 is 5.82 Å². The molecule has 0 radical (unpaired) electrons. The van der Waals surface area contributed by atoms with Crippen molar-refractivity contribution in [2.75, 3.05) is 12.8 Å². The van der Waals surface area contributed by atoms with Crippen molar-refractivity contribution in [3.63, 3.8) is 0 Å². The molecule has 0 fully saturated rings. The number of fused-ring (bicyclic) bond motifs is 1. The summed E-state index contributed by atoms with van der Waals surface area (Å²) in [5.41, 5.74) is 6.14. The second kappa shape index (κ2) is 4.94. The highest BCUT2D eigenvalue weighted by molar-refractivity contribution is 5.84. The van der Waals surface area contributed by atoms with Crippen LogP contribution in [-0.4, -0.2) is 11.7 Å². The number of benzene rings is 2. The lowest BCUT2D eigenvalue weighted by Gasteiger charge is -2.14. The standard InChI is InChI=1S/C16H13FN2O2/c1-21-14-9-11(17)6-7-13(14)19-15(18)8-10-4-2-3-5-12(10)16(19)20/h2-9H,18H2,1H3. The summed E-state index contributed by atoms with van der Waals surface area (Å²) in [6, 6.07) is 12.8. The molecule has 0 aliphatic rings. The first-order valence-electron chi connectivity index (χ1n) is 6.36. The van der Waals surface area contributed by atoms with E-state index in [0.29, 0.717) is 11.1 Å². The van der Waals surface area contributed by atoms with Crippen molar-refractivity contribution in [1.82, 2.24) is 4.57 Å². The Kier molecular flexibility index (Phi) is 3.10. The third kappa shape index (κ3) is 2.12. The minimum Gasteiger partial charge on any atom is -0.494 e. The summed E-state index contributed by atoms with van der Waals surface area (Å²) in [6.45, 7) is 0. The molecule has 0 atom stereocenters. The topological polar surface area (TPSA) is 57.2 Å². The van der Waals surface area contributed by atoms with Crippen LogP contribution in [0.15, 0.2) is 53.3 Å². The molecule has 3 rings (SSSR count). The third-order valence-corrected chi connectivity index (χ3v) is 3.34. The van der Waals surface area contributed by atoms with Gasteiger partial charge < -0.3 is 10.5 Å². The second-order valence-electron chi connectivity index (χ2n) is 4.61. The molecular weight excluding hydrogens is 271 g/mol. The number of nitrogens with two attached hydrogens (primary N) is 1. The summed E-state index contributed by atoms with van der Waals surface area (Å²) in [5.74, 6) is 0.0747. The Bertz CT molecular complexity index is 887. The summed E-state index contributed by atoms with van der Waals surface area (Å²) in [5, 5.41) is 1.30. The number of rotatable bonds is 2. The molecule has 1 aromatic heterocycles. The fraction of sp³-hybridized carbons (Fsp3) is 0.0625. The molecule has 0 spiro atoms. The maximum atomic E-state index is 13.3. The average molecular weight is 284 g/mol. The van der Waals surface area contributed by atoms with Crippen LogP contribution in [0.2, 0.25) is 0 Å². The molecule has 1 heterocycles. The summed E-state index contributed by atoms with van der Waals surface area (Å²) >= 11 is 0. The SMILES string of the molecule is COc1cc(F)ccc1-n1c(N)cc2ccccc2c1=O. The monoisotopic (exact) mass is 284 g/mol. The molecule has 2 N–H and O–H groups in total. The van der Waals surface area contributed by atoms with E-state index >= 15 is 0 Å². The van der Waals surface area contributed by atoms with E-state index in [1.54, 1.807) is 18.2 Å². The lowest BCUT2D eigenvalue weighted by atomic mass is 10.1. The largest absolute Gasteiger partial charge is 0.494 e. The van der Waals surface area contributed by atoms with E-state index in [2.05, 4.69) is 0 Å². The van der Waals surface area contributed by atoms with Crippen molar-refractivity contribution in [3.05, 3.63) is 64.7 Å². The molecule has 0 saturated carbocycles. The van der Waals surface area contributed by atoms with Crippen LogP contribution < -0.4 is 16.0 Å². The van der Waals surface area contributed by atoms with Crippen molar-refractivity contribution in [2.24, 2.45) is 0 Å². The lowest BCUT2D eigenvalue weighted by molar-refractivity contribution is 0.409. The third-order valence-electron chi connectivity index (χ3n) is 3.34. The van der Waals surface area contributed by atoms with Gasteiger partial charge in [0.15, 0.2) is 0 Å². The molecule has 0 saturated heterocycles. The van der Waals surface area contributed by atoms with Crippen molar-refractivity contribution < 1.29 is 9.13 Å². The number of halogens is 1. The van der Waals surface area contributed by atoms with Gasteiger partial charge in [-0.2, -0.15) is 0 Å². The van der Waals surface area contributed by atoms with Gasteiger partial charge in [-0.3, -0.25) is 9.36 Å². The van der Waals surface area contributed by atoms with E-state index in [1.165, 1.54) is 29.9 Å². The zero-order valence-electron chi connectivity index (χ0n) is 11.3. The first kappa shape index (κ1) is 13.2. The first-order chi connectivity index (χ1) is 10.1. The van der Waals surface area contributed by atoms with Gasteiger partial charge in [0.1, 0.15) is 17.4 Å². The summed E-state index contributed by atoms with van der Waals surface area (Å²) < 4.78 is 19.8. The molecule has 4 nitrogen and oxygen atoms in total. The Morgan fingerprint density at radius 2 is 1.90 bits per heavy atom. The molecule has 2 aromatic carbocycles. The highest BCUT2D eigenvalue weighted by Gasteiger charge is 2.13.